The van der Waals surface area contributed by atoms with Gasteiger partial charge in [-0.2, -0.15) is 0 Å². The molecule has 1 aromatic carbocycles. The third kappa shape index (κ3) is 4.76. The Morgan fingerprint density at radius 2 is 2.16 bits per heavy atom. The van der Waals surface area contributed by atoms with Gasteiger partial charge in [-0.1, -0.05) is 17.7 Å². The minimum Gasteiger partial charge on any atom is -0.482 e. The number of amides is 1. The molecule has 0 spiro atoms. The molecule has 0 bridgehead atoms. The van der Waals surface area contributed by atoms with E-state index in [1.54, 1.807) is 18.2 Å². The van der Waals surface area contributed by atoms with Crippen LogP contribution in [0.3, 0.4) is 0 Å². The molecule has 0 aromatic heterocycles. The number of ether oxygens (including phenoxy) is 1. The van der Waals surface area contributed by atoms with Gasteiger partial charge in [-0.25, -0.2) is 4.79 Å². The molecular weight excluding hydrogens is 274 g/mol. The van der Waals surface area contributed by atoms with Crippen molar-refractivity contribution in [1.29, 1.82) is 0 Å². The topological polar surface area (TPSA) is 95.9 Å². The Hall–Kier alpha value is -1.79. The summed E-state index contributed by atoms with van der Waals surface area (Å²) < 4.78 is 5.19. The standard InChI is InChI=1S/C12H14ClNO5/c1-7-2-3-8(13)10(4-7)19-6-11(16)14-9(5-15)12(17)18/h2-4,9,15H,5-6H2,1H3,(H,14,16)(H,17,18). The summed E-state index contributed by atoms with van der Waals surface area (Å²) in [6.45, 7) is 0.773. The average molecular weight is 288 g/mol. The Balaban J connectivity index is 2.54. The molecule has 1 aromatic rings. The van der Waals surface area contributed by atoms with E-state index in [0.29, 0.717) is 10.8 Å². The molecule has 6 nitrogen and oxygen atoms in total. The molecule has 3 N–H and O–H groups in total. The van der Waals surface area contributed by atoms with Crippen molar-refractivity contribution in [2.45, 2.75) is 13.0 Å². The Morgan fingerprint density at radius 1 is 1.47 bits per heavy atom. The third-order valence-electron chi connectivity index (χ3n) is 2.26. The number of aliphatic hydroxyl groups is 1. The first-order valence-corrected chi connectivity index (χ1v) is 5.84. The van der Waals surface area contributed by atoms with E-state index in [9.17, 15) is 9.59 Å². The number of aliphatic carboxylic acids is 1. The van der Waals surface area contributed by atoms with Gasteiger partial charge in [-0.15, -0.1) is 0 Å². The second kappa shape index (κ2) is 6.96. The van der Waals surface area contributed by atoms with E-state index in [1.807, 2.05) is 6.92 Å². The average Bonchev–Trinajstić information content (AvgIpc) is 2.36. The number of carbonyl (C=O) groups is 2. The molecule has 1 unspecified atom stereocenters. The van der Waals surface area contributed by atoms with E-state index in [-0.39, 0.29) is 6.61 Å². The van der Waals surface area contributed by atoms with Crippen LogP contribution >= 0.6 is 11.6 Å². The number of hydrogen-bond donors (Lipinski definition) is 3. The highest BCUT2D eigenvalue weighted by Crippen LogP contribution is 2.24. The number of rotatable bonds is 6. The lowest BCUT2D eigenvalue weighted by atomic mass is 10.2. The van der Waals surface area contributed by atoms with E-state index in [1.165, 1.54) is 0 Å². The summed E-state index contributed by atoms with van der Waals surface area (Å²) in [6.07, 6.45) is 0. The molecule has 1 rings (SSSR count). The van der Waals surface area contributed by atoms with Crippen LogP contribution in [-0.4, -0.2) is 41.3 Å². The van der Waals surface area contributed by atoms with E-state index >= 15 is 0 Å². The summed E-state index contributed by atoms with van der Waals surface area (Å²) >= 11 is 5.87. The molecule has 1 atom stereocenters. The highest BCUT2D eigenvalue weighted by molar-refractivity contribution is 6.32. The highest BCUT2D eigenvalue weighted by atomic mass is 35.5. The molecule has 19 heavy (non-hydrogen) atoms. The largest absolute Gasteiger partial charge is 0.482 e. The fourth-order valence-electron chi connectivity index (χ4n) is 1.29. The van der Waals surface area contributed by atoms with Crippen LogP contribution in [0.1, 0.15) is 5.56 Å². The van der Waals surface area contributed by atoms with Crippen molar-refractivity contribution in [3.05, 3.63) is 28.8 Å². The van der Waals surface area contributed by atoms with Crippen LogP contribution in [0, 0.1) is 6.92 Å². The smallest absolute Gasteiger partial charge is 0.328 e. The molecule has 0 saturated carbocycles. The van der Waals surface area contributed by atoms with Crippen molar-refractivity contribution in [1.82, 2.24) is 5.32 Å². The van der Waals surface area contributed by atoms with Gasteiger partial charge in [0.05, 0.1) is 11.6 Å². The first kappa shape index (κ1) is 15.3. The number of carboxylic acid groups (broad SMARTS) is 1. The lowest BCUT2D eigenvalue weighted by Crippen LogP contribution is -2.45. The number of benzene rings is 1. The molecule has 0 heterocycles. The van der Waals surface area contributed by atoms with Gasteiger partial charge in [-0.05, 0) is 24.6 Å². The van der Waals surface area contributed by atoms with Crippen LogP contribution in [0.15, 0.2) is 18.2 Å². The van der Waals surface area contributed by atoms with Crippen molar-refractivity contribution >= 4 is 23.5 Å². The maximum absolute atomic E-state index is 11.4. The van der Waals surface area contributed by atoms with Gasteiger partial charge >= 0.3 is 5.97 Å². The zero-order chi connectivity index (χ0) is 14.4. The first-order chi connectivity index (χ1) is 8.93. The number of hydrogen-bond acceptors (Lipinski definition) is 4. The number of carbonyl (C=O) groups excluding carboxylic acids is 1. The van der Waals surface area contributed by atoms with Crippen molar-refractivity contribution in [3.63, 3.8) is 0 Å². The zero-order valence-corrected chi connectivity index (χ0v) is 11.0. The van der Waals surface area contributed by atoms with Crippen molar-refractivity contribution in [3.8, 4) is 5.75 Å². The van der Waals surface area contributed by atoms with Crippen molar-refractivity contribution in [2.75, 3.05) is 13.2 Å². The SMILES string of the molecule is Cc1ccc(Cl)c(OCC(=O)NC(CO)C(=O)O)c1. The van der Waals surface area contributed by atoms with Crippen LogP contribution < -0.4 is 10.1 Å². The van der Waals surface area contributed by atoms with Crippen LogP contribution in [0.2, 0.25) is 5.02 Å². The summed E-state index contributed by atoms with van der Waals surface area (Å²) in [4.78, 5) is 22.0. The number of aryl methyl sites for hydroxylation is 1. The highest BCUT2D eigenvalue weighted by Gasteiger charge is 2.18. The normalized spacial score (nSPS) is 11.7. The minimum atomic E-state index is -1.34. The van der Waals surface area contributed by atoms with Gasteiger partial charge in [0.1, 0.15) is 11.8 Å². The van der Waals surface area contributed by atoms with E-state index in [2.05, 4.69) is 5.32 Å². The Bertz CT molecular complexity index is 477. The Labute approximate surface area is 114 Å². The van der Waals surface area contributed by atoms with E-state index < -0.39 is 24.5 Å². The first-order valence-electron chi connectivity index (χ1n) is 5.46. The van der Waals surface area contributed by atoms with E-state index in [0.717, 1.165) is 5.56 Å². The maximum Gasteiger partial charge on any atom is 0.328 e. The summed E-state index contributed by atoms with van der Waals surface area (Å²) in [5.41, 5.74) is 0.915. The van der Waals surface area contributed by atoms with Gasteiger partial charge in [0.15, 0.2) is 6.61 Å². The van der Waals surface area contributed by atoms with Crippen LogP contribution in [-0.2, 0) is 9.59 Å². The van der Waals surface area contributed by atoms with Gasteiger partial charge in [-0.3, -0.25) is 4.79 Å². The van der Waals surface area contributed by atoms with Crippen molar-refractivity contribution < 1.29 is 24.5 Å². The lowest BCUT2D eigenvalue weighted by Gasteiger charge is -2.13. The van der Waals surface area contributed by atoms with Gasteiger partial charge in [0.2, 0.25) is 0 Å². The molecular formula is C12H14ClNO5. The monoisotopic (exact) mass is 287 g/mol. The Morgan fingerprint density at radius 3 is 2.74 bits per heavy atom. The zero-order valence-electron chi connectivity index (χ0n) is 10.2. The summed E-state index contributed by atoms with van der Waals surface area (Å²) in [5, 5.41) is 19.9. The summed E-state index contributed by atoms with van der Waals surface area (Å²) in [7, 11) is 0. The molecule has 0 radical (unpaired) electrons. The minimum absolute atomic E-state index is 0.340. The van der Waals surface area contributed by atoms with Crippen molar-refractivity contribution in [2.24, 2.45) is 0 Å². The number of nitrogens with one attached hydrogen (secondary N) is 1. The molecule has 1 amide bonds. The predicted molar refractivity (Wildman–Crippen MR) is 68.3 cm³/mol. The Kier molecular flexibility index (Phi) is 5.59. The second-order valence-corrected chi connectivity index (χ2v) is 4.27. The summed E-state index contributed by atoms with van der Waals surface area (Å²) in [5.74, 6) is -1.63. The van der Waals surface area contributed by atoms with Crippen LogP contribution in [0.5, 0.6) is 5.75 Å². The molecule has 0 saturated heterocycles. The molecule has 0 aliphatic rings. The predicted octanol–water partition coefficient (Wildman–Crippen LogP) is 0.589. The number of halogens is 1. The molecule has 0 aliphatic carbocycles. The molecule has 104 valence electrons. The summed E-state index contributed by atoms with van der Waals surface area (Å²) in [6, 6.07) is 3.75. The third-order valence-corrected chi connectivity index (χ3v) is 2.57. The van der Waals surface area contributed by atoms with Gasteiger partial charge in [0, 0.05) is 0 Å². The van der Waals surface area contributed by atoms with Gasteiger partial charge in [0.25, 0.3) is 5.91 Å². The van der Waals surface area contributed by atoms with Crippen LogP contribution in [0.25, 0.3) is 0 Å². The number of aliphatic hydroxyl groups excluding tert-OH is 1. The fraction of sp³-hybridized carbons (Fsp3) is 0.333. The lowest BCUT2D eigenvalue weighted by molar-refractivity contribution is -0.143. The molecule has 0 fully saturated rings. The van der Waals surface area contributed by atoms with Gasteiger partial charge < -0.3 is 20.3 Å². The van der Waals surface area contributed by atoms with Crippen LogP contribution in [0.4, 0.5) is 0 Å². The number of carboxylic acids is 1. The fourth-order valence-corrected chi connectivity index (χ4v) is 1.46. The molecule has 0 aliphatic heterocycles. The quantitative estimate of drug-likeness (QED) is 0.712. The maximum atomic E-state index is 11.4. The second-order valence-electron chi connectivity index (χ2n) is 3.86. The van der Waals surface area contributed by atoms with E-state index in [4.69, 9.17) is 26.6 Å². The molecule has 7 heteroatoms.